The van der Waals surface area contributed by atoms with Gasteiger partial charge in [-0.3, -0.25) is 4.79 Å². The maximum absolute atomic E-state index is 10.5. The highest BCUT2D eigenvalue weighted by molar-refractivity contribution is 5.87. The third-order valence-electron chi connectivity index (χ3n) is 3.27. The van der Waals surface area contributed by atoms with E-state index in [9.17, 15) is 4.79 Å². The molecule has 2 rings (SSSR count). The van der Waals surface area contributed by atoms with E-state index in [0.29, 0.717) is 0 Å². The number of aliphatic carboxylic acids is 1. The topological polar surface area (TPSA) is 46.5 Å². The predicted molar refractivity (Wildman–Crippen MR) is 75.7 cm³/mol. The standard InChI is InChI=1S/C16H18O3/c1-19-14-10-9-13-7-4-6-12(15(13)11-14)5-2-3-8-16(17)18/h4,6-7,9-11H,2-3,5,8H2,1H3,(H,17,18). The van der Waals surface area contributed by atoms with Crippen molar-refractivity contribution in [1.82, 2.24) is 0 Å². The van der Waals surface area contributed by atoms with Crippen LogP contribution >= 0.6 is 0 Å². The molecule has 1 N–H and O–H groups in total. The Kier molecular flexibility index (Phi) is 4.39. The Hall–Kier alpha value is -2.03. The van der Waals surface area contributed by atoms with Crippen LogP contribution in [-0.2, 0) is 11.2 Å². The number of hydrogen-bond donors (Lipinski definition) is 1. The third kappa shape index (κ3) is 3.47. The summed E-state index contributed by atoms with van der Waals surface area (Å²) in [6, 6.07) is 12.3. The summed E-state index contributed by atoms with van der Waals surface area (Å²) in [6.07, 6.45) is 2.75. The Bertz CT molecular complexity index is 575. The minimum Gasteiger partial charge on any atom is -0.497 e. The lowest BCUT2D eigenvalue weighted by Gasteiger charge is -2.08. The van der Waals surface area contributed by atoms with Crippen LogP contribution in [0.25, 0.3) is 10.8 Å². The van der Waals surface area contributed by atoms with Crippen molar-refractivity contribution < 1.29 is 14.6 Å². The van der Waals surface area contributed by atoms with Crippen LogP contribution in [0.3, 0.4) is 0 Å². The van der Waals surface area contributed by atoms with Gasteiger partial charge in [-0.15, -0.1) is 0 Å². The summed E-state index contributed by atoms with van der Waals surface area (Å²) >= 11 is 0. The summed E-state index contributed by atoms with van der Waals surface area (Å²) in [5.41, 5.74) is 1.25. The molecule has 0 spiro atoms. The summed E-state index contributed by atoms with van der Waals surface area (Å²) < 4.78 is 5.26. The fourth-order valence-electron chi connectivity index (χ4n) is 2.25. The molecule has 0 radical (unpaired) electrons. The van der Waals surface area contributed by atoms with Crippen LogP contribution < -0.4 is 4.74 Å². The lowest BCUT2D eigenvalue weighted by Crippen LogP contribution is -1.95. The second-order valence-corrected chi connectivity index (χ2v) is 4.61. The SMILES string of the molecule is COc1ccc2cccc(CCCCC(=O)O)c2c1. The maximum atomic E-state index is 10.5. The Morgan fingerprint density at radius 3 is 2.79 bits per heavy atom. The van der Waals surface area contributed by atoms with Gasteiger partial charge in [0, 0.05) is 6.42 Å². The molecule has 0 saturated heterocycles. The van der Waals surface area contributed by atoms with Gasteiger partial charge in [0.05, 0.1) is 7.11 Å². The predicted octanol–water partition coefficient (Wildman–Crippen LogP) is 3.65. The molecule has 0 fully saturated rings. The fourth-order valence-corrected chi connectivity index (χ4v) is 2.25. The van der Waals surface area contributed by atoms with E-state index in [2.05, 4.69) is 18.2 Å². The van der Waals surface area contributed by atoms with Crippen molar-refractivity contribution in [3.63, 3.8) is 0 Å². The number of hydrogen-bond acceptors (Lipinski definition) is 2. The van der Waals surface area contributed by atoms with E-state index in [1.54, 1.807) is 7.11 Å². The number of carbonyl (C=O) groups is 1. The molecular weight excluding hydrogens is 240 g/mol. The number of carboxylic acid groups (broad SMARTS) is 1. The van der Waals surface area contributed by atoms with E-state index < -0.39 is 5.97 Å². The monoisotopic (exact) mass is 258 g/mol. The van der Waals surface area contributed by atoms with Crippen LogP contribution in [-0.4, -0.2) is 18.2 Å². The van der Waals surface area contributed by atoms with Crippen LogP contribution in [0.2, 0.25) is 0 Å². The molecule has 0 atom stereocenters. The lowest BCUT2D eigenvalue weighted by molar-refractivity contribution is -0.137. The Morgan fingerprint density at radius 1 is 1.21 bits per heavy atom. The van der Waals surface area contributed by atoms with E-state index in [-0.39, 0.29) is 6.42 Å². The van der Waals surface area contributed by atoms with Gasteiger partial charge in [0.2, 0.25) is 0 Å². The second-order valence-electron chi connectivity index (χ2n) is 4.61. The number of carboxylic acids is 1. The van der Waals surface area contributed by atoms with Crippen LogP contribution in [0.1, 0.15) is 24.8 Å². The fraction of sp³-hybridized carbons (Fsp3) is 0.312. The van der Waals surface area contributed by atoms with Crippen molar-refractivity contribution in [2.75, 3.05) is 7.11 Å². The zero-order valence-corrected chi connectivity index (χ0v) is 11.1. The quantitative estimate of drug-likeness (QED) is 0.804. The highest BCUT2D eigenvalue weighted by Gasteiger charge is 2.03. The molecule has 2 aromatic carbocycles. The molecule has 0 aromatic heterocycles. The molecular formula is C16H18O3. The van der Waals surface area contributed by atoms with E-state index in [1.807, 2.05) is 18.2 Å². The van der Waals surface area contributed by atoms with Gasteiger partial charge >= 0.3 is 5.97 Å². The van der Waals surface area contributed by atoms with E-state index in [0.717, 1.165) is 25.0 Å². The Labute approximate surface area is 112 Å². The normalized spacial score (nSPS) is 10.6. The van der Waals surface area contributed by atoms with Gasteiger partial charge in [0.25, 0.3) is 0 Å². The van der Waals surface area contributed by atoms with Gasteiger partial charge in [-0.1, -0.05) is 24.3 Å². The summed E-state index contributed by atoms with van der Waals surface area (Å²) in [7, 11) is 1.66. The first-order valence-electron chi connectivity index (χ1n) is 6.48. The lowest BCUT2D eigenvalue weighted by atomic mass is 9.99. The van der Waals surface area contributed by atoms with Crippen molar-refractivity contribution in [2.24, 2.45) is 0 Å². The zero-order chi connectivity index (χ0) is 13.7. The van der Waals surface area contributed by atoms with E-state index >= 15 is 0 Å². The van der Waals surface area contributed by atoms with Gasteiger partial charge in [-0.05, 0) is 47.7 Å². The number of methoxy groups -OCH3 is 1. The molecule has 0 amide bonds. The minimum absolute atomic E-state index is 0.244. The molecule has 0 aliphatic heterocycles. The summed E-state index contributed by atoms with van der Waals surface area (Å²) in [6.45, 7) is 0. The molecule has 2 aromatic rings. The van der Waals surface area contributed by atoms with Crippen molar-refractivity contribution in [3.05, 3.63) is 42.0 Å². The van der Waals surface area contributed by atoms with Gasteiger partial charge in [-0.25, -0.2) is 0 Å². The number of fused-ring (bicyclic) bond motifs is 1. The van der Waals surface area contributed by atoms with Crippen molar-refractivity contribution in [3.8, 4) is 5.75 Å². The molecule has 3 nitrogen and oxygen atoms in total. The highest BCUT2D eigenvalue weighted by Crippen LogP contribution is 2.25. The van der Waals surface area contributed by atoms with E-state index in [4.69, 9.17) is 9.84 Å². The molecule has 0 aliphatic carbocycles. The largest absolute Gasteiger partial charge is 0.497 e. The first-order chi connectivity index (χ1) is 9.20. The Morgan fingerprint density at radius 2 is 2.05 bits per heavy atom. The van der Waals surface area contributed by atoms with Gasteiger partial charge in [0.15, 0.2) is 0 Å². The minimum atomic E-state index is -0.723. The van der Waals surface area contributed by atoms with Gasteiger partial charge in [-0.2, -0.15) is 0 Å². The molecule has 0 saturated carbocycles. The van der Waals surface area contributed by atoms with Crippen LogP contribution in [0.4, 0.5) is 0 Å². The third-order valence-corrected chi connectivity index (χ3v) is 3.27. The molecule has 0 bridgehead atoms. The molecule has 0 aliphatic rings. The smallest absolute Gasteiger partial charge is 0.303 e. The molecule has 0 unspecified atom stereocenters. The van der Waals surface area contributed by atoms with Gasteiger partial charge < -0.3 is 9.84 Å². The van der Waals surface area contributed by atoms with Crippen LogP contribution in [0, 0.1) is 0 Å². The first-order valence-corrected chi connectivity index (χ1v) is 6.48. The van der Waals surface area contributed by atoms with Crippen LogP contribution in [0.5, 0.6) is 5.75 Å². The Balaban J connectivity index is 2.15. The molecule has 100 valence electrons. The second kappa shape index (κ2) is 6.23. The average molecular weight is 258 g/mol. The summed E-state index contributed by atoms with van der Waals surface area (Å²) in [4.78, 5) is 10.5. The molecule has 3 heteroatoms. The summed E-state index contributed by atoms with van der Waals surface area (Å²) in [5, 5.41) is 11.0. The van der Waals surface area contributed by atoms with Gasteiger partial charge in [0.1, 0.15) is 5.75 Å². The molecule has 0 heterocycles. The average Bonchev–Trinajstić information content (AvgIpc) is 2.43. The van der Waals surface area contributed by atoms with Crippen molar-refractivity contribution in [2.45, 2.75) is 25.7 Å². The maximum Gasteiger partial charge on any atom is 0.303 e. The van der Waals surface area contributed by atoms with Crippen molar-refractivity contribution in [1.29, 1.82) is 0 Å². The molecule has 19 heavy (non-hydrogen) atoms. The number of ether oxygens (including phenoxy) is 1. The zero-order valence-electron chi connectivity index (χ0n) is 11.1. The van der Waals surface area contributed by atoms with Crippen LogP contribution in [0.15, 0.2) is 36.4 Å². The first kappa shape index (κ1) is 13.4. The van der Waals surface area contributed by atoms with E-state index in [1.165, 1.54) is 16.3 Å². The number of aryl methyl sites for hydroxylation is 1. The number of rotatable bonds is 6. The van der Waals surface area contributed by atoms with Crippen molar-refractivity contribution >= 4 is 16.7 Å². The number of benzene rings is 2. The highest BCUT2D eigenvalue weighted by atomic mass is 16.5. The number of unbranched alkanes of at least 4 members (excludes halogenated alkanes) is 1. The summed E-state index contributed by atoms with van der Waals surface area (Å²) in [5.74, 6) is 0.130.